The molecule has 1 amide bonds. The smallest absolute Gasteiger partial charge is 0.364 e. The van der Waals surface area contributed by atoms with Gasteiger partial charge in [0.15, 0.2) is 6.04 Å². The van der Waals surface area contributed by atoms with Crippen molar-refractivity contribution in [2.24, 2.45) is 0 Å². The van der Waals surface area contributed by atoms with E-state index in [2.05, 4.69) is 32.2 Å². The van der Waals surface area contributed by atoms with E-state index in [1.54, 1.807) is 0 Å². The van der Waals surface area contributed by atoms with E-state index in [9.17, 15) is 9.59 Å². The molecule has 0 aromatic rings. The fourth-order valence-electron chi connectivity index (χ4n) is 1.46. The first-order valence-electron chi connectivity index (χ1n) is 6.35. The molecular weight excluding hydrogens is 234 g/mol. The normalized spacial score (nSPS) is 13.1. The molecule has 0 spiro atoms. The van der Waals surface area contributed by atoms with Gasteiger partial charge >= 0.3 is 5.97 Å². The summed E-state index contributed by atoms with van der Waals surface area (Å²) in [6.07, 6.45) is 3.43. The second-order valence-electron chi connectivity index (χ2n) is 5.66. The summed E-state index contributed by atoms with van der Waals surface area (Å²) in [7, 11) is 6.44. The minimum atomic E-state index is -0.988. The van der Waals surface area contributed by atoms with Crippen LogP contribution < -0.4 is 11.1 Å². The Morgan fingerprint density at radius 3 is 2.33 bits per heavy atom. The van der Waals surface area contributed by atoms with Crippen molar-refractivity contribution in [3.8, 4) is 0 Å². The van der Waals surface area contributed by atoms with Crippen molar-refractivity contribution < 1.29 is 24.9 Å². The van der Waals surface area contributed by atoms with Crippen molar-refractivity contribution >= 4 is 11.9 Å². The van der Waals surface area contributed by atoms with E-state index in [-0.39, 0.29) is 12.5 Å². The molecule has 5 N–H and O–H groups in total. The summed E-state index contributed by atoms with van der Waals surface area (Å²) in [6, 6.07) is -0.771. The van der Waals surface area contributed by atoms with E-state index in [0.29, 0.717) is 6.42 Å². The van der Waals surface area contributed by atoms with Crippen LogP contribution in [0.5, 0.6) is 0 Å². The Kier molecular flexibility index (Phi) is 7.54. The van der Waals surface area contributed by atoms with Gasteiger partial charge in [-0.15, -0.1) is 0 Å². The Balaban J connectivity index is 3.52. The molecule has 0 aliphatic heterocycles. The number of unbranched alkanes of at least 4 members (excludes halogenated alkanes) is 2. The maximum absolute atomic E-state index is 11.4. The van der Waals surface area contributed by atoms with Crippen LogP contribution in [0.2, 0.25) is 0 Å². The predicted octanol–water partition coefficient (Wildman–Crippen LogP) is -0.936. The van der Waals surface area contributed by atoms with Crippen LogP contribution in [-0.2, 0) is 9.59 Å². The van der Waals surface area contributed by atoms with Crippen LogP contribution in [0.25, 0.3) is 0 Å². The van der Waals surface area contributed by atoms with Gasteiger partial charge in [0, 0.05) is 6.42 Å². The SMILES string of the molecule is C[N+](C)(C)CCCCCC(=O)NC[C@@H]([NH3+])C(=O)O. The summed E-state index contributed by atoms with van der Waals surface area (Å²) in [5, 5.41) is 11.2. The van der Waals surface area contributed by atoms with Gasteiger partial charge < -0.3 is 20.6 Å². The largest absolute Gasteiger partial charge is 0.477 e. The number of carbonyl (C=O) groups excluding carboxylic acids is 1. The summed E-state index contributed by atoms with van der Waals surface area (Å²) < 4.78 is 0.938. The minimum Gasteiger partial charge on any atom is -0.477 e. The van der Waals surface area contributed by atoms with Gasteiger partial charge in [-0.05, 0) is 19.3 Å². The molecule has 0 saturated carbocycles. The van der Waals surface area contributed by atoms with E-state index >= 15 is 0 Å². The number of hydrogen-bond donors (Lipinski definition) is 3. The highest BCUT2D eigenvalue weighted by atomic mass is 16.4. The second kappa shape index (κ2) is 8.05. The Labute approximate surface area is 109 Å². The highest BCUT2D eigenvalue weighted by Gasteiger charge is 2.16. The lowest BCUT2D eigenvalue weighted by Crippen LogP contribution is -2.68. The molecule has 0 bridgehead atoms. The molecule has 0 rings (SSSR count). The van der Waals surface area contributed by atoms with Crippen molar-refractivity contribution in [1.29, 1.82) is 0 Å². The lowest BCUT2D eigenvalue weighted by atomic mass is 10.1. The van der Waals surface area contributed by atoms with E-state index in [1.165, 1.54) is 0 Å². The lowest BCUT2D eigenvalue weighted by molar-refractivity contribution is -0.870. The molecule has 0 saturated heterocycles. The fourth-order valence-corrected chi connectivity index (χ4v) is 1.46. The van der Waals surface area contributed by atoms with Gasteiger partial charge in [0.25, 0.3) is 0 Å². The maximum Gasteiger partial charge on any atom is 0.364 e. The molecule has 0 heterocycles. The summed E-state index contributed by atoms with van der Waals surface area (Å²) in [6.45, 7) is 1.20. The van der Waals surface area contributed by atoms with Crippen LogP contribution >= 0.6 is 0 Å². The van der Waals surface area contributed by atoms with Crippen molar-refractivity contribution in [3.63, 3.8) is 0 Å². The Hall–Kier alpha value is -1.14. The third-order valence-corrected chi connectivity index (χ3v) is 2.63. The molecule has 6 nitrogen and oxygen atoms in total. The zero-order valence-corrected chi connectivity index (χ0v) is 11.7. The Morgan fingerprint density at radius 2 is 1.83 bits per heavy atom. The number of rotatable bonds is 9. The van der Waals surface area contributed by atoms with Gasteiger partial charge in [0.2, 0.25) is 5.91 Å². The topological polar surface area (TPSA) is 94.0 Å². The van der Waals surface area contributed by atoms with Crippen LogP contribution in [0, 0.1) is 0 Å². The number of amides is 1. The number of quaternary nitrogens is 2. The summed E-state index contributed by atoms with van der Waals surface area (Å²) in [5.74, 6) is -1.08. The van der Waals surface area contributed by atoms with Crippen LogP contribution in [-0.4, -0.2) is 61.7 Å². The molecule has 0 aromatic carbocycles. The number of carboxylic acid groups (broad SMARTS) is 1. The molecule has 0 aliphatic carbocycles. The highest BCUT2D eigenvalue weighted by Crippen LogP contribution is 2.03. The molecule has 106 valence electrons. The molecule has 0 radical (unpaired) electrons. The van der Waals surface area contributed by atoms with Crippen molar-refractivity contribution in [2.45, 2.75) is 31.7 Å². The third kappa shape index (κ3) is 10.0. The van der Waals surface area contributed by atoms with E-state index in [1.807, 2.05) is 0 Å². The maximum atomic E-state index is 11.4. The molecule has 18 heavy (non-hydrogen) atoms. The Bertz CT molecular complexity index is 274. The average molecular weight is 261 g/mol. The third-order valence-electron chi connectivity index (χ3n) is 2.63. The quantitative estimate of drug-likeness (QED) is 0.369. The molecule has 1 atom stereocenters. The van der Waals surface area contributed by atoms with E-state index in [4.69, 9.17) is 5.11 Å². The fraction of sp³-hybridized carbons (Fsp3) is 0.833. The van der Waals surface area contributed by atoms with Crippen LogP contribution in [0.3, 0.4) is 0 Å². The van der Waals surface area contributed by atoms with Crippen molar-refractivity contribution in [3.05, 3.63) is 0 Å². The Morgan fingerprint density at radius 1 is 1.22 bits per heavy atom. The highest BCUT2D eigenvalue weighted by molar-refractivity contribution is 5.77. The molecule has 0 aliphatic rings. The minimum absolute atomic E-state index is 0.0878. The van der Waals surface area contributed by atoms with Crippen molar-refractivity contribution in [1.82, 2.24) is 5.32 Å². The number of nitrogens with zero attached hydrogens (tertiary/aromatic N) is 1. The number of carbonyl (C=O) groups is 2. The first-order chi connectivity index (χ1) is 8.22. The van der Waals surface area contributed by atoms with Crippen LogP contribution in [0.1, 0.15) is 25.7 Å². The van der Waals surface area contributed by atoms with Gasteiger partial charge in [0.1, 0.15) is 0 Å². The van der Waals surface area contributed by atoms with Crippen LogP contribution in [0.4, 0.5) is 0 Å². The van der Waals surface area contributed by atoms with Gasteiger partial charge in [0.05, 0.1) is 34.2 Å². The zero-order valence-electron chi connectivity index (χ0n) is 11.7. The van der Waals surface area contributed by atoms with Crippen molar-refractivity contribution in [2.75, 3.05) is 34.2 Å². The molecule has 0 fully saturated rings. The molecule has 0 aromatic heterocycles. The molecule has 6 heteroatoms. The number of hydrogen-bond acceptors (Lipinski definition) is 2. The summed E-state index contributed by atoms with van der Waals surface area (Å²) in [5.41, 5.74) is 3.43. The van der Waals surface area contributed by atoms with Gasteiger partial charge in [-0.2, -0.15) is 0 Å². The monoisotopic (exact) mass is 261 g/mol. The number of carboxylic acids is 1. The summed E-state index contributed by atoms with van der Waals surface area (Å²) in [4.78, 5) is 21.9. The van der Waals surface area contributed by atoms with Gasteiger partial charge in [-0.25, -0.2) is 4.79 Å². The second-order valence-corrected chi connectivity index (χ2v) is 5.66. The molecule has 0 unspecified atom stereocenters. The van der Waals surface area contributed by atoms with Gasteiger partial charge in [-0.1, -0.05) is 0 Å². The van der Waals surface area contributed by atoms with E-state index in [0.717, 1.165) is 30.3 Å². The van der Waals surface area contributed by atoms with E-state index < -0.39 is 12.0 Å². The predicted molar refractivity (Wildman–Crippen MR) is 68.7 cm³/mol. The first-order valence-corrected chi connectivity index (χ1v) is 6.35. The van der Waals surface area contributed by atoms with Gasteiger partial charge in [-0.3, -0.25) is 4.79 Å². The number of nitrogens with one attached hydrogen (secondary N) is 1. The first kappa shape index (κ1) is 16.9. The molecular formula is C12H27N3O3+2. The van der Waals surface area contributed by atoms with Crippen LogP contribution in [0.15, 0.2) is 0 Å². The summed E-state index contributed by atoms with van der Waals surface area (Å²) >= 11 is 0. The standard InChI is InChI=1S/C12H25N3O3/c1-15(2,3)8-6-4-5-7-11(16)14-9-10(13)12(17)18/h10H,4-9,13H2,1-3H3,(H-,14,16,17,18)/p+2/t10-/m1/s1. The number of aliphatic carboxylic acids is 1. The lowest BCUT2D eigenvalue weighted by Gasteiger charge is -2.23. The zero-order chi connectivity index (χ0) is 14.2. The average Bonchev–Trinajstić information content (AvgIpc) is 2.23.